The largest absolute Gasteiger partial charge is 0.295 e. The van der Waals surface area contributed by atoms with Crippen LogP contribution in [-0.2, 0) is 19.4 Å². The first kappa shape index (κ1) is 15.4. The standard InChI is InChI=1S/C17H15NO4S/c19-15-11-14(12-7-3-1-4-8-12)16(17(20)18-15)23(21,22)13-9-5-2-6-10-13/h1-10,14,16H,11H2,(H,18,19,20)/t14-,16-/m1/s1. The molecule has 1 heterocycles. The van der Waals surface area contributed by atoms with E-state index in [2.05, 4.69) is 5.32 Å². The minimum Gasteiger partial charge on any atom is -0.295 e. The summed E-state index contributed by atoms with van der Waals surface area (Å²) in [5, 5.41) is 0.833. The third kappa shape index (κ3) is 2.90. The smallest absolute Gasteiger partial charge is 0.245 e. The van der Waals surface area contributed by atoms with Crippen LogP contribution in [0.25, 0.3) is 0 Å². The van der Waals surface area contributed by atoms with E-state index in [4.69, 9.17) is 0 Å². The zero-order valence-electron chi connectivity index (χ0n) is 12.2. The summed E-state index contributed by atoms with van der Waals surface area (Å²) in [6.07, 6.45) is -0.0352. The van der Waals surface area contributed by atoms with Crippen molar-refractivity contribution >= 4 is 21.7 Å². The molecule has 6 heteroatoms. The summed E-state index contributed by atoms with van der Waals surface area (Å²) < 4.78 is 25.8. The molecule has 1 aliphatic rings. The number of amides is 2. The van der Waals surface area contributed by atoms with Gasteiger partial charge in [0.1, 0.15) is 0 Å². The number of carbonyl (C=O) groups is 2. The van der Waals surface area contributed by atoms with Crippen LogP contribution in [-0.4, -0.2) is 25.5 Å². The van der Waals surface area contributed by atoms with E-state index in [9.17, 15) is 18.0 Å². The van der Waals surface area contributed by atoms with Crippen LogP contribution in [0.5, 0.6) is 0 Å². The zero-order valence-corrected chi connectivity index (χ0v) is 13.0. The second-order valence-electron chi connectivity index (χ2n) is 5.41. The van der Waals surface area contributed by atoms with Crippen molar-refractivity contribution in [3.05, 3.63) is 66.2 Å². The first-order valence-electron chi connectivity index (χ1n) is 7.18. The van der Waals surface area contributed by atoms with Crippen LogP contribution in [0.4, 0.5) is 0 Å². The van der Waals surface area contributed by atoms with E-state index in [1.54, 1.807) is 48.5 Å². The van der Waals surface area contributed by atoms with Gasteiger partial charge in [-0.25, -0.2) is 8.42 Å². The highest BCUT2D eigenvalue weighted by Gasteiger charge is 2.45. The molecule has 2 aromatic carbocycles. The summed E-state index contributed by atoms with van der Waals surface area (Å²) in [4.78, 5) is 24.1. The normalized spacial score (nSPS) is 21.7. The quantitative estimate of drug-likeness (QED) is 0.869. The molecule has 5 nitrogen and oxygen atoms in total. The molecule has 0 saturated carbocycles. The van der Waals surface area contributed by atoms with E-state index in [-0.39, 0.29) is 11.3 Å². The van der Waals surface area contributed by atoms with Crippen LogP contribution in [0.1, 0.15) is 17.9 Å². The van der Waals surface area contributed by atoms with E-state index in [1.165, 1.54) is 12.1 Å². The Labute approximate surface area is 134 Å². The lowest BCUT2D eigenvalue weighted by Gasteiger charge is -2.30. The van der Waals surface area contributed by atoms with Crippen LogP contribution in [0.3, 0.4) is 0 Å². The van der Waals surface area contributed by atoms with Gasteiger partial charge in [-0.1, -0.05) is 48.5 Å². The Bertz CT molecular complexity index is 831. The molecule has 0 radical (unpaired) electrons. The third-order valence-electron chi connectivity index (χ3n) is 3.93. The number of carbonyl (C=O) groups excluding carboxylic acids is 2. The summed E-state index contributed by atoms with van der Waals surface area (Å²) in [5.41, 5.74) is 0.667. The molecule has 1 saturated heterocycles. The number of piperidine rings is 1. The van der Waals surface area contributed by atoms with Gasteiger partial charge in [0.25, 0.3) is 0 Å². The van der Waals surface area contributed by atoms with Crippen LogP contribution in [0, 0.1) is 0 Å². The van der Waals surface area contributed by atoms with Crippen molar-refractivity contribution in [2.24, 2.45) is 0 Å². The molecule has 0 aliphatic carbocycles. The highest BCUT2D eigenvalue weighted by atomic mass is 32.2. The molecule has 2 aromatic rings. The summed E-state index contributed by atoms with van der Waals surface area (Å²) >= 11 is 0. The van der Waals surface area contributed by atoms with Crippen LogP contribution in [0.15, 0.2) is 65.6 Å². The molecular formula is C17H15NO4S. The van der Waals surface area contributed by atoms with Crippen LogP contribution in [0.2, 0.25) is 0 Å². The minimum absolute atomic E-state index is 0.0352. The maximum atomic E-state index is 12.9. The maximum Gasteiger partial charge on any atom is 0.245 e. The van der Waals surface area contributed by atoms with Gasteiger partial charge in [-0.15, -0.1) is 0 Å². The average molecular weight is 329 g/mol. The van der Waals surface area contributed by atoms with E-state index >= 15 is 0 Å². The number of benzene rings is 2. The first-order chi connectivity index (χ1) is 11.0. The third-order valence-corrected chi connectivity index (χ3v) is 6.07. The van der Waals surface area contributed by atoms with E-state index in [0.717, 1.165) is 0 Å². The number of rotatable bonds is 3. The van der Waals surface area contributed by atoms with Gasteiger partial charge in [0.15, 0.2) is 15.1 Å². The minimum atomic E-state index is -3.90. The van der Waals surface area contributed by atoms with Gasteiger partial charge in [0.05, 0.1) is 4.90 Å². The number of hydrogen-bond acceptors (Lipinski definition) is 4. The monoisotopic (exact) mass is 329 g/mol. The molecule has 3 rings (SSSR count). The molecule has 0 bridgehead atoms. The molecule has 0 unspecified atom stereocenters. The Balaban J connectivity index is 2.10. The molecule has 1 fully saturated rings. The van der Waals surface area contributed by atoms with Crippen molar-refractivity contribution in [2.45, 2.75) is 22.5 Å². The second kappa shape index (κ2) is 5.96. The van der Waals surface area contributed by atoms with Crippen molar-refractivity contribution < 1.29 is 18.0 Å². The first-order valence-corrected chi connectivity index (χ1v) is 8.72. The Morgan fingerprint density at radius 1 is 0.870 bits per heavy atom. The topological polar surface area (TPSA) is 80.3 Å². The Kier molecular flexibility index (Phi) is 4.00. The van der Waals surface area contributed by atoms with Crippen molar-refractivity contribution in [3.8, 4) is 0 Å². The fourth-order valence-corrected chi connectivity index (χ4v) is 4.71. The fraction of sp³-hybridized carbons (Fsp3) is 0.176. The van der Waals surface area contributed by atoms with Crippen molar-refractivity contribution in [1.29, 1.82) is 0 Å². The Morgan fingerprint density at radius 3 is 2.04 bits per heavy atom. The second-order valence-corrected chi connectivity index (χ2v) is 7.48. The van der Waals surface area contributed by atoms with Crippen molar-refractivity contribution in [1.82, 2.24) is 5.32 Å². The van der Waals surface area contributed by atoms with E-state index < -0.39 is 32.8 Å². The molecule has 118 valence electrons. The van der Waals surface area contributed by atoms with E-state index in [0.29, 0.717) is 5.56 Å². The molecule has 1 N–H and O–H groups in total. The lowest BCUT2D eigenvalue weighted by molar-refractivity contribution is -0.133. The number of imide groups is 1. The van der Waals surface area contributed by atoms with Crippen molar-refractivity contribution in [3.63, 3.8) is 0 Å². The van der Waals surface area contributed by atoms with Crippen LogP contribution < -0.4 is 5.32 Å². The van der Waals surface area contributed by atoms with Gasteiger partial charge in [0, 0.05) is 12.3 Å². The molecular weight excluding hydrogens is 314 g/mol. The highest BCUT2D eigenvalue weighted by molar-refractivity contribution is 7.92. The SMILES string of the molecule is O=C1C[C@H](c2ccccc2)[C@@H](S(=O)(=O)c2ccccc2)C(=O)N1. The fourth-order valence-electron chi connectivity index (χ4n) is 2.86. The molecule has 2 atom stereocenters. The number of sulfone groups is 1. The predicted octanol–water partition coefficient (Wildman–Crippen LogP) is 1.66. The summed E-state index contributed by atoms with van der Waals surface area (Å²) in [6, 6.07) is 16.6. The number of hydrogen-bond donors (Lipinski definition) is 1. The average Bonchev–Trinajstić information content (AvgIpc) is 2.55. The van der Waals surface area contributed by atoms with Crippen LogP contribution >= 0.6 is 0 Å². The Morgan fingerprint density at radius 2 is 1.43 bits per heavy atom. The van der Waals surface area contributed by atoms with Gasteiger partial charge < -0.3 is 0 Å². The lowest BCUT2D eigenvalue weighted by atomic mass is 9.89. The molecule has 1 aliphatic heterocycles. The summed E-state index contributed by atoms with van der Waals surface area (Å²) in [7, 11) is -3.90. The maximum absolute atomic E-state index is 12.9. The molecule has 0 aromatic heterocycles. The molecule has 2 amide bonds. The van der Waals surface area contributed by atoms with Gasteiger partial charge in [-0.2, -0.15) is 0 Å². The predicted molar refractivity (Wildman–Crippen MR) is 84.4 cm³/mol. The zero-order chi connectivity index (χ0) is 16.4. The van der Waals surface area contributed by atoms with Gasteiger partial charge in [-0.3, -0.25) is 14.9 Å². The Hall–Kier alpha value is -2.47. The van der Waals surface area contributed by atoms with E-state index in [1.807, 2.05) is 0 Å². The van der Waals surface area contributed by atoms with Gasteiger partial charge >= 0.3 is 0 Å². The number of nitrogens with one attached hydrogen (secondary N) is 1. The lowest BCUT2D eigenvalue weighted by Crippen LogP contribution is -2.51. The summed E-state index contributed by atoms with van der Waals surface area (Å²) in [5.74, 6) is -1.91. The summed E-state index contributed by atoms with van der Waals surface area (Å²) in [6.45, 7) is 0. The highest BCUT2D eigenvalue weighted by Crippen LogP contribution is 2.34. The van der Waals surface area contributed by atoms with Crippen molar-refractivity contribution in [2.75, 3.05) is 0 Å². The van der Waals surface area contributed by atoms with Gasteiger partial charge in [0.2, 0.25) is 11.8 Å². The molecule has 0 spiro atoms. The van der Waals surface area contributed by atoms with Gasteiger partial charge in [-0.05, 0) is 17.7 Å². The molecule has 23 heavy (non-hydrogen) atoms.